The molecule has 1 rings (SSSR count). The smallest absolute Gasteiger partial charge is 0.304 e. The molecule has 0 saturated carbocycles. The highest BCUT2D eigenvalue weighted by atomic mass is 16.4. The Kier molecular flexibility index (Phi) is 5.96. The number of carboxylic acids is 1. The molecule has 1 heterocycles. The van der Waals surface area contributed by atoms with Gasteiger partial charge in [0.05, 0.1) is 25.3 Å². The lowest BCUT2D eigenvalue weighted by molar-refractivity contribution is -0.139. The molecule has 0 aliphatic heterocycles. The number of carbonyl (C=O) groups is 2. The molecule has 0 radical (unpaired) electrons. The fourth-order valence-corrected chi connectivity index (χ4v) is 2.20. The normalized spacial score (nSPS) is 13.2. The van der Waals surface area contributed by atoms with Gasteiger partial charge in [0.15, 0.2) is 0 Å². The number of furan rings is 1. The SMILES string of the molecule is CC(C(=O)NCc1ccco1)N(CCC(=O)O)C(C)(C)C. The first-order valence-corrected chi connectivity index (χ1v) is 7.00. The number of hydrogen-bond acceptors (Lipinski definition) is 4. The number of carboxylic acid groups (broad SMARTS) is 1. The Morgan fingerprint density at radius 1 is 1.43 bits per heavy atom. The Hall–Kier alpha value is -1.82. The van der Waals surface area contributed by atoms with E-state index < -0.39 is 12.0 Å². The minimum Gasteiger partial charge on any atom is -0.481 e. The van der Waals surface area contributed by atoms with Gasteiger partial charge < -0.3 is 14.8 Å². The van der Waals surface area contributed by atoms with E-state index in [9.17, 15) is 9.59 Å². The molecule has 1 amide bonds. The van der Waals surface area contributed by atoms with Crippen molar-refractivity contribution in [2.24, 2.45) is 0 Å². The Balaban J connectivity index is 2.63. The van der Waals surface area contributed by atoms with Crippen LogP contribution in [0.2, 0.25) is 0 Å². The average Bonchev–Trinajstić information content (AvgIpc) is 2.86. The summed E-state index contributed by atoms with van der Waals surface area (Å²) in [4.78, 5) is 24.9. The summed E-state index contributed by atoms with van der Waals surface area (Å²) in [5.41, 5.74) is -0.295. The van der Waals surface area contributed by atoms with Crippen molar-refractivity contribution < 1.29 is 19.1 Å². The van der Waals surface area contributed by atoms with E-state index in [1.54, 1.807) is 25.3 Å². The van der Waals surface area contributed by atoms with E-state index in [4.69, 9.17) is 9.52 Å². The quantitative estimate of drug-likeness (QED) is 0.802. The van der Waals surface area contributed by atoms with Crippen LogP contribution in [0, 0.1) is 0 Å². The van der Waals surface area contributed by atoms with Gasteiger partial charge in [-0.3, -0.25) is 14.5 Å². The van der Waals surface area contributed by atoms with Crippen molar-refractivity contribution >= 4 is 11.9 Å². The van der Waals surface area contributed by atoms with Crippen molar-refractivity contribution in [3.8, 4) is 0 Å². The first-order valence-electron chi connectivity index (χ1n) is 7.00. The van der Waals surface area contributed by atoms with E-state index in [-0.39, 0.29) is 17.9 Å². The highest BCUT2D eigenvalue weighted by Gasteiger charge is 2.30. The van der Waals surface area contributed by atoms with Crippen LogP contribution in [0.4, 0.5) is 0 Å². The number of amides is 1. The van der Waals surface area contributed by atoms with Gasteiger partial charge in [-0.25, -0.2) is 0 Å². The van der Waals surface area contributed by atoms with Gasteiger partial charge in [-0.1, -0.05) is 0 Å². The van der Waals surface area contributed by atoms with Gasteiger partial charge in [0.2, 0.25) is 5.91 Å². The molecule has 21 heavy (non-hydrogen) atoms. The largest absolute Gasteiger partial charge is 0.481 e. The highest BCUT2D eigenvalue weighted by molar-refractivity contribution is 5.81. The second kappa shape index (κ2) is 7.26. The summed E-state index contributed by atoms with van der Waals surface area (Å²) < 4.78 is 5.16. The fourth-order valence-electron chi connectivity index (χ4n) is 2.20. The number of nitrogens with zero attached hydrogens (tertiary/aromatic N) is 1. The van der Waals surface area contributed by atoms with Gasteiger partial charge in [0.25, 0.3) is 0 Å². The van der Waals surface area contributed by atoms with Gasteiger partial charge in [-0.05, 0) is 39.8 Å². The summed E-state index contributed by atoms with van der Waals surface area (Å²) >= 11 is 0. The Labute approximate surface area is 125 Å². The van der Waals surface area contributed by atoms with E-state index in [1.807, 2.05) is 25.7 Å². The number of carbonyl (C=O) groups excluding carboxylic acids is 1. The molecule has 118 valence electrons. The summed E-state index contributed by atoms with van der Waals surface area (Å²) in [7, 11) is 0. The van der Waals surface area contributed by atoms with Crippen LogP contribution in [0.25, 0.3) is 0 Å². The third-order valence-corrected chi connectivity index (χ3v) is 3.29. The molecule has 0 spiro atoms. The van der Waals surface area contributed by atoms with Crippen LogP contribution in [-0.2, 0) is 16.1 Å². The number of aliphatic carboxylic acids is 1. The molecule has 0 aliphatic carbocycles. The molecule has 0 saturated heterocycles. The molecule has 0 aromatic carbocycles. The lowest BCUT2D eigenvalue weighted by Gasteiger charge is -2.39. The topological polar surface area (TPSA) is 82.8 Å². The van der Waals surface area contributed by atoms with Crippen LogP contribution in [0.5, 0.6) is 0 Å². The highest BCUT2D eigenvalue weighted by Crippen LogP contribution is 2.17. The molecular weight excluding hydrogens is 272 g/mol. The summed E-state index contributed by atoms with van der Waals surface area (Å²) in [6.07, 6.45) is 1.56. The first kappa shape index (κ1) is 17.2. The van der Waals surface area contributed by atoms with Crippen LogP contribution >= 0.6 is 0 Å². The van der Waals surface area contributed by atoms with Gasteiger partial charge in [0, 0.05) is 12.1 Å². The predicted octanol–water partition coefficient (Wildman–Crippen LogP) is 1.86. The maximum absolute atomic E-state index is 12.2. The standard InChI is InChI=1S/C15H24N2O4/c1-11(14(20)16-10-12-6-5-9-21-12)17(15(2,3)4)8-7-13(18)19/h5-6,9,11H,7-8,10H2,1-4H3,(H,16,20)(H,18,19). The van der Waals surface area contributed by atoms with Crippen LogP contribution in [-0.4, -0.2) is 40.0 Å². The Morgan fingerprint density at radius 3 is 2.57 bits per heavy atom. The van der Waals surface area contributed by atoms with Crippen molar-refractivity contribution in [1.29, 1.82) is 0 Å². The summed E-state index contributed by atoms with van der Waals surface area (Å²) in [6, 6.07) is 3.13. The molecule has 6 heteroatoms. The maximum atomic E-state index is 12.2. The van der Waals surface area contributed by atoms with Gasteiger partial charge in [-0.15, -0.1) is 0 Å². The van der Waals surface area contributed by atoms with Crippen molar-refractivity contribution in [3.05, 3.63) is 24.2 Å². The second-order valence-electron chi connectivity index (χ2n) is 5.98. The Morgan fingerprint density at radius 2 is 2.10 bits per heavy atom. The zero-order chi connectivity index (χ0) is 16.0. The van der Waals surface area contributed by atoms with Crippen molar-refractivity contribution in [3.63, 3.8) is 0 Å². The molecule has 1 aromatic rings. The van der Waals surface area contributed by atoms with Crippen LogP contribution in [0.15, 0.2) is 22.8 Å². The van der Waals surface area contributed by atoms with E-state index in [0.717, 1.165) is 0 Å². The molecule has 6 nitrogen and oxygen atoms in total. The lowest BCUT2D eigenvalue weighted by Crippen LogP contribution is -2.53. The van der Waals surface area contributed by atoms with Gasteiger partial charge in [0.1, 0.15) is 5.76 Å². The molecule has 1 unspecified atom stereocenters. The minimum atomic E-state index is -0.868. The van der Waals surface area contributed by atoms with Crippen LogP contribution in [0.3, 0.4) is 0 Å². The van der Waals surface area contributed by atoms with Crippen LogP contribution < -0.4 is 5.32 Å². The maximum Gasteiger partial charge on any atom is 0.304 e. The predicted molar refractivity (Wildman–Crippen MR) is 78.7 cm³/mol. The third kappa shape index (κ3) is 5.59. The monoisotopic (exact) mass is 296 g/mol. The van der Waals surface area contributed by atoms with E-state index >= 15 is 0 Å². The average molecular weight is 296 g/mol. The van der Waals surface area contributed by atoms with E-state index in [2.05, 4.69) is 5.32 Å². The molecule has 1 aromatic heterocycles. The number of hydrogen-bond donors (Lipinski definition) is 2. The molecule has 0 aliphatic rings. The summed E-state index contributed by atoms with van der Waals surface area (Å²) in [5, 5.41) is 11.6. The van der Waals surface area contributed by atoms with Crippen molar-refractivity contribution in [2.75, 3.05) is 6.54 Å². The second-order valence-corrected chi connectivity index (χ2v) is 5.98. The molecular formula is C15H24N2O4. The lowest BCUT2D eigenvalue weighted by atomic mass is 10.0. The molecule has 2 N–H and O–H groups in total. The van der Waals surface area contributed by atoms with Gasteiger partial charge >= 0.3 is 5.97 Å². The van der Waals surface area contributed by atoms with Gasteiger partial charge in [-0.2, -0.15) is 0 Å². The number of nitrogens with one attached hydrogen (secondary N) is 1. The third-order valence-electron chi connectivity index (χ3n) is 3.29. The van der Waals surface area contributed by atoms with Crippen molar-refractivity contribution in [1.82, 2.24) is 10.2 Å². The fraction of sp³-hybridized carbons (Fsp3) is 0.600. The summed E-state index contributed by atoms with van der Waals surface area (Å²) in [6.45, 7) is 8.33. The summed E-state index contributed by atoms with van der Waals surface area (Å²) in [5.74, 6) is -0.331. The number of rotatable bonds is 7. The zero-order valence-corrected chi connectivity index (χ0v) is 13.0. The zero-order valence-electron chi connectivity index (χ0n) is 13.0. The first-order chi connectivity index (χ1) is 9.71. The van der Waals surface area contributed by atoms with Crippen molar-refractivity contribution in [2.45, 2.75) is 52.2 Å². The minimum absolute atomic E-state index is 0.00702. The molecule has 1 atom stereocenters. The van der Waals surface area contributed by atoms with Crippen LogP contribution in [0.1, 0.15) is 39.9 Å². The molecule has 0 bridgehead atoms. The van der Waals surface area contributed by atoms with E-state index in [0.29, 0.717) is 18.8 Å². The van der Waals surface area contributed by atoms with E-state index in [1.165, 1.54) is 0 Å². The Bertz CT molecular complexity index is 463. The molecule has 0 fully saturated rings.